The lowest BCUT2D eigenvalue weighted by molar-refractivity contribution is -0.135. The van der Waals surface area contributed by atoms with Crippen molar-refractivity contribution in [3.63, 3.8) is 0 Å². The molecule has 1 saturated carbocycles. The number of carbonyl (C=O) groups excluding carboxylic acids is 3. The summed E-state index contributed by atoms with van der Waals surface area (Å²) in [6.07, 6.45) is -1.24. The number of nitrogens with zero attached hydrogens (tertiary/aromatic N) is 2. The van der Waals surface area contributed by atoms with Gasteiger partial charge >= 0.3 is 6.03 Å². The van der Waals surface area contributed by atoms with Gasteiger partial charge in [-0.1, -0.05) is 18.2 Å². The largest absolute Gasteiger partial charge is 0.325 e. The van der Waals surface area contributed by atoms with Crippen molar-refractivity contribution in [1.82, 2.24) is 10.2 Å². The van der Waals surface area contributed by atoms with Gasteiger partial charge < -0.3 is 5.32 Å². The third-order valence-electron chi connectivity index (χ3n) is 5.81. The molecule has 0 unspecified atom stereocenters. The molecular formula is C22H19F2N3O3S. The molecule has 160 valence electrons. The molecule has 2 heterocycles. The summed E-state index contributed by atoms with van der Waals surface area (Å²) in [4.78, 5) is 43.6. The predicted octanol–water partition coefficient (Wildman–Crippen LogP) is 4.96. The van der Waals surface area contributed by atoms with Crippen molar-refractivity contribution in [2.75, 3.05) is 6.54 Å². The second-order valence-corrected chi connectivity index (χ2v) is 9.02. The van der Waals surface area contributed by atoms with Gasteiger partial charge in [-0.2, -0.15) is 0 Å². The number of Topliss-reactive ketones (excluding diaryl/α,β-unsaturated/α-hetero) is 1. The van der Waals surface area contributed by atoms with Crippen molar-refractivity contribution in [3.05, 3.63) is 52.2 Å². The van der Waals surface area contributed by atoms with Gasteiger partial charge in [0.05, 0.1) is 18.0 Å². The Kier molecular flexibility index (Phi) is 5.13. The number of carbonyl (C=O) groups is 3. The van der Waals surface area contributed by atoms with Gasteiger partial charge in [-0.25, -0.2) is 18.4 Å². The summed E-state index contributed by atoms with van der Waals surface area (Å²) >= 11 is 1.23. The molecule has 9 heteroatoms. The Morgan fingerprint density at radius 1 is 1.23 bits per heavy atom. The predicted molar refractivity (Wildman–Crippen MR) is 111 cm³/mol. The van der Waals surface area contributed by atoms with E-state index in [2.05, 4.69) is 10.2 Å². The van der Waals surface area contributed by atoms with E-state index in [-0.39, 0.29) is 12.8 Å². The number of ketones is 1. The summed E-state index contributed by atoms with van der Waals surface area (Å²) in [7, 11) is 0. The van der Waals surface area contributed by atoms with Crippen molar-refractivity contribution in [3.8, 4) is 10.4 Å². The first-order valence-electron chi connectivity index (χ1n) is 9.78. The Bertz CT molecular complexity index is 1130. The number of amides is 3. The van der Waals surface area contributed by atoms with Crippen LogP contribution >= 0.6 is 11.3 Å². The van der Waals surface area contributed by atoms with Crippen LogP contribution in [0.5, 0.6) is 0 Å². The van der Waals surface area contributed by atoms with Gasteiger partial charge in [-0.15, -0.1) is 11.3 Å². The van der Waals surface area contributed by atoms with Gasteiger partial charge in [-0.3, -0.25) is 14.5 Å². The highest BCUT2D eigenvalue weighted by Crippen LogP contribution is 2.41. The van der Waals surface area contributed by atoms with E-state index in [0.29, 0.717) is 10.6 Å². The van der Waals surface area contributed by atoms with E-state index >= 15 is 0 Å². The minimum atomic E-state index is -2.84. The molecule has 0 bridgehead atoms. The quantitative estimate of drug-likeness (QED) is 0.413. The molecule has 2 fully saturated rings. The number of rotatable bonds is 4. The van der Waals surface area contributed by atoms with Gasteiger partial charge in [0.1, 0.15) is 5.54 Å². The fraction of sp³-hybridized carbons (Fsp3) is 0.364. The van der Waals surface area contributed by atoms with Crippen LogP contribution in [0.25, 0.3) is 15.3 Å². The zero-order valence-corrected chi connectivity index (χ0v) is 17.5. The van der Waals surface area contributed by atoms with E-state index in [0.717, 1.165) is 20.9 Å². The normalized spacial score (nSPS) is 19.4. The molecule has 6 nitrogen and oxygen atoms in total. The van der Waals surface area contributed by atoms with Crippen molar-refractivity contribution in [1.29, 1.82) is 0 Å². The third-order valence-corrected chi connectivity index (χ3v) is 7.14. The standard InChI is InChI=1S/C22H19F2N3O3S/c1-13-10-17(31-18(13)14-4-3-5-15(11-14)25-2)16(28)12-27-19(29)21(26-20(27)30)6-8-22(23,24)9-7-21/h3-5,10-11H,6-9,12H2,1H3,(H,26,30). The van der Waals surface area contributed by atoms with Crippen LogP contribution in [0.2, 0.25) is 0 Å². The van der Waals surface area contributed by atoms with Gasteiger partial charge in [-0.05, 0) is 43.0 Å². The second-order valence-electron chi connectivity index (χ2n) is 7.97. The molecule has 0 atom stereocenters. The topological polar surface area (TPSA) is 70.8 Å². The molecule has 1 spiro atoms. The monoisotopic (exact) mass is 443 g/mol. The Morgan fingerprint density at radius 3 is 2.61 bits per heavy atom. The van der Waals surface area contributed by atoms with Gasteiger partial charge in [0, 0.05) is 17.7 Å². The Hall–Kier alpha value is -3.12. The molecule has 3 amide bonds. The van der Waals surface area contributed by atoms with Gasteiger partial charge in [0.2, 0.25) is 5.92 Å². The van der Waals surface area contributed by atoms with Crippen molar-refractivity contribution in [2.45, 2.75) is 44.1 Å². The van der Waals surface area contributed by atoms with E-state index in [1.807, 2.05) is 13.0 Å². The number of hydrogen-bond acceptors (Lipinski definition) is 4. The van der Waals surface area contributed by atoms with E-state index in [4.69, 9.17) is 6.57 Å². The third kappa shape index (κ3) is 3.83. The first kappa shape index (κ1) is 21.1. The average Bonchev–Trinajstić information content (AvgIpc) is 3.24. The fourth-order valence-electron chi connectivity index (χ4n) is 4.05. The summed E-state index contributed by atoms with van der Waals surface area (Å²) in [6.45, 7) is 8.56. The Labute approximate surface area is 181 Å². The van der Waals surface area contributed by atoms with Crippen LogP contribution in [0.3, 0.4) is 0 Å². The van der Waals surface area contributed by atoms with Crippen LogP contribution in [0.4, 0.5) is 19.3 Å². The highest BCUT2D eigenvalue weighted by atomic mass is 32.1. The highest BCUT2D eigenvalue weighted by molar-refractivity contribution is 7.17. The molecule has 1 aliphatic heterocycles. The lowest BCUT2D eigenvalue weighted by Gasteiger charge is -2.34. The summed E-state index contributed by atoms with van der Waals surface area (Å²) in [6, 6.07) is 8.02. The van der Waals surface area contributed by atoms with E-state index < -0.39 is 48.6 Å². The number of thiophene rings is 1. The molecule has 2 aromatic rings. The summed E-state index contributed by atoms with van der Waals surface area (Å²) in [5, 5.41) is 2.55. The minimum Gasteiger partial charge on any atom is -0.323 e. The number of alkyl halides is 2. The number of nitrogens with one attached hydrogen (secondary N) is 1. The molecule has 1 aromatic carbocycles. The molecule has 4 rings (SSSR count). The molecule has 1 aromatic heterocycles. The molecule has 31 heavy (non-hydrogen) atoms. The van der Waals surface area contributed by atoms with E-state index in [9.17, 15) is 23.2 Å². The molecular weight excluding hydrogens is 424 g/mol. The van der Waals surface area contributed by atoms with E-state index in [1.54, 1.807) is 24.3 Å². The lowest BCUT2D eigenvalue weighted by atomic mass is 9.80. The van der Waals surface area contributed by atoms with Gasteiger partial charge in [0.15, 0.2) is 11.5 Å². The summed E-state index contributed by atoms with van der Waals surface area (Å²) in [5.74, 6) is -3.85. The fourth-order valence-corrected chi connectivity index (χ4v) is 5.14. The van der Waals surface area contributed by atoms with Gasteiger partial charge in [0.25, 0.3) is 5.91 Å². The van der Waals surface area contributed by atoms with Crippen LogP contribution in [-0.4, -0.2) is 40.6 Å². The van der Waals surface area contributed by atoms with Crippen molar-refractivity contribution >= 4 is 34.7 Å². The molecule has 1 aliphatic carbocycles. The number of urea groups is 1. The molecule has 1 N–H and O–H groups in total. The Morgan fingerprint density at radius 2 is 1.94 bits per heavy atom. The Balaban J connectivity index is 1.52. The smallest absolute Gasteiger partial charge is 0.323 e. The summed E-state index contributed by atoms with van der Waals surface area (Å²) < 4.78 is 27.0. The number of benzene rings is 1. The maximum atomic E-state index is 13.5. The van der Waals surface area contributed by atoms with E-state index in [1.165, 1.54) is 11.3 Å². The second kappa shape index (κ2) is 7.54. The highest BCUT2D eigenvalue weighted by Gasteiger charge is 2.55. The zero-order chi connectivity index (χ0) is 22.4. The van der Waals surface area contributed by atoms with Crippen LogP contribution in [0, 0.1) is 13.5 Å². The lowest BCUT2D eigenvalue weighted by Crippen LogP contribution is -2.51. The molecule has 2 aliphatic rings. The number of aryl methyl sites for hydroxylation is 1. The zero-order valence-electron chi connectivity index (χ0n) is 16.7. The average molecular weight is 443 g/mol. The maximum Gasteiger partial charge on any atom is 0.325 e. The number of imide groups is 1. The first-order chi connectivity index (χ1) is 14.6. The molecule has 0 radical (unpaired) electrons. The maximum absolute atomic E-state index is 13.5. The van der Waals surface area contributed by atoms with Crippen molar-refractivity contribution < 1.29 is 23.2 Å². The van der Waals surface area contributed by atoms with Crippen LogP contribution in [0.1, 0.15) is 40.9 Å². The minimum absolute atomic E-state index is 0.144. The van der Waals surface area contributed by atoms with Crippen molar-refractivity contribution in [2.24, 2.45) is 0 Å². The first-order valence-corrected chi connectivity index (χ1v) is 10.6. The molecule has 1 saturated heterocycles. The SMILES string of the molecule is [C-]#[N+]c1cccc(-c2sc(C(=O)CN3C(=O)NC4(CCC(F)(F)CC4)C3=O)cc2C)c1. The number of hydrogen-bond donors (Lipinski definition) is 1. The number of halogens is 2. The van der Waals surface area contributed by atoms with Crippen LogP contribution < -0.4 is 5.32 Å². The van der Waals surface area contributed by atoms with Crippen LogP contribution in [0.15, 0.2) is 30.3 Å². The van der Waals surface area contributed by atoms with Crippen LogP contribution in [-0.2, 0) is 4.79 Å². The summed E-state index contributed by atoms with van der Waals surface area (Å²) in [5.41, 5.74) is 0.808.